The first-order chi connectivity index (χ1) is 15.8. The molecule has 0 heterocycles. The van der Waals surface area contributed by atoms with Crippen LogP contribution in [-0.4, -0.2) is 67.3 Å². The maximum absolute atomic E-state index is 12.7. The predicted octanol–water partition coefficient (Wildman–Crippen LogP) is 2.60. The van der Waals surface area contributed by atoms with Crippen molar-refractivity contribution in [3.8, 4) is 11.1 Å². The second-order valence-electron chi connectivity index (χ2n) is 8.21. The first kappa shape index (κ1) is 24.0. The lowest BCUT2D eigenvalue weighted by Gasteiger charge is -2.23. The Morgan fingerprint density at radius 2 is 1.61 bits per heavy atom. The van der Waals surface area contributed by atoms with Gasteiger partial charge in [-0.3, -0.25) is 4.79 Å². The number of nitrogens with one attached hydrogen (secondary N) is 2. The van der Waals surface area contributed by atoms with E-state index in [0.717, 1.165) is 22.3 Å². The summed E-state index contributed by atoms with van der Waals surface area (Å²) in [6, 6.07) is 13.9. The minimum Gasteiger partial charge on any atom is -0.480 e. The zero-order valence-corrected chi connectivity index (χ0v) is 18.8. The molecule has 0 bridgehead atoms. The van der Waals surface area contributed by atoms with Crippen molar-refractivity contribution in [3.05, 3.63) is 72.3 Å². The van der Waals surface area contributed by atoms with Gasteiger partial charge in [-0.1, -0.05) is 54.6 Å². The van der Waals surface area contributed by atoms with E-state index in [2.05, 4.69) is 17.2 Å². The summed E-state index contributed by atoms with van der Waals surface area (Å²) in [6.45, 7) is 3.81. The van der Waals surface area contributed by atoms with Crippen molar-refractivity contribution in [3.63, 3.8) is 0 Å². The number of alkyl carbamates (subject to hydrolysis) is 1. The van der Waals surface area contributed by atoms with Crippen LogP contribution < -0.4 is 10.6 Å². The Kier molecular flexibility index (Phi) is 7.84. The molecule has 3 N–H and O–H groups in total. The third-order valence-electron chi connectivity index (χ3n) is 5.52. The fourth-order valence-electron chi connectivity index (χ4n) is 4.00. The first-order valence-electron chi connectivity index (χ1n) is 10.7. The van der Waals surface area contributed by atoms with Crippen molar-refractivity contribution in [2.45, 2.75) is 24.4 Å². The lowest BCUT2D eigenvalue weighted by atomic mass is 9.98. The summed E-state index contributed by atoms with van der Waals surface area (Å²) in [5.74, 6) is -1.88. The number of rotatable bonds is 10. The smallest absolute Gasteiger partial charge is 0.407 e. The number of aliphatic carboxylic acids is 1. The van der Waals surface area contributed by atoms with Crippen LogP contribution in [0.1, 0.15) is 23.5 Å². The molecule has 3 rings (SSSR count). The summed E-state index contributed by atoms with van der Waals surface area (Å²) in [7, 11) is 3.50. The summed E-state index contributed by atoms with van der Waals surface area (Å²) in [6.07, 6.45) is 0.745. The van der Waals surface area contributed by atoms with Gasteiger partial charge in [0.2, 0.25) is 5.91 Å². The molecular formula is C25H29N3O5. The largest absolute Gasteiger partial charge is 0.480 e. The molecule has 0 aliphatic heterocycles. The van der Waals surface area contributed by atoms with Gasteiger partial charge in [0, 0.05) is 12.5 Å². The average molecular weight is 452 g/mol. The number of hydrogen-bond donors (Lipinski definition) is 3. The Labute approximate surface area is 193 Å². The second kappa shape index (κ2) is 10.8. The molecule has 8 nitrogen and oxygen atoms in total. The van der Waals surface area contributed by atoms with Crippen LogP contribution in [0.5, 0.6) is 0 Å². The number of carboxylic acid groups (broad SMARTS) is 1. The molecule has 1 unspecified atom stereocenters. The van der Waals surface area contributed by atoms with Gasteiger partial charge in [0.05, 0.1) is 0 Å². The highest BCUT2D eigenvalue weighted by Gasteiger charge is 2.30. The highest BCUT2D eigenvalue weighted by molar-refractivity contribution is 5.89. The van der Waals surface area contributed by atoms with E-state index < -0.39 is 30.1 Å². The monoisotopic (exact) mass is 451 g/mol. The zero-order chi connectivity index (χ0) is 24.0. The van der Waals surface area contributed by atoms with Gasteiger partial charge in [0.1, 0.15) is 18.7 Å². The first-order valence-corrected chi connectivity index (χ1v) is 10.7. The molecule has 0 saturated heterocycles. The number of nitrogens with zero attached hydrogens (tertiary/aromatic N) is 1. The summed E-state index contributed by atoms with van der Waals surface area (Å²) in [5.41, 5.74) is 4.41. The highest BCUT2D eigenvalue weighted by Crippen LogP contribution is 2.44. The van der Waals surface area contributed by atoms with Crippen LogP contribution in [0.3, 0.4) is 0 Å². The molecule has 0 aromatic heterocycles. The number of fused-ring (bicyclic) bond motifs is 3. The molecule has 33 heavy (non-hydrogen) atoms. The number of likely N-dealkylation sites (N-methyl/N-ethyl adjacent to an activating group) is 1. The molecule has 2 aromatic rings. The maximum atomic E-state index is 12.7. The van der Waals surface area contributed by atoms with Gasteiger partial charge >= 0.3 is 12.1 Å². The molecule has 0 spiro atoms. The van der Waals surface area contributed by atoms with Crippen molar-refractivity contribution in [1.82, 2.24) is 15.5 Å². The standard InChI is InChI=1S/C25H29N3O5/c1-4-9-21(24(30)31)26-23(29)22(14-28(2)3)27-25(32)33-15-20-18-12-7-5-10-16(18)17-11-6-8-13-19(17)20/h4-8,10-13,20-22H,1,9,14-15H2,2-3H3,(H,26,29)(H,27,32)(H,30,31)/t21?,22-/m0/s1. The Hall–Kier alpha value is -3.65. The quantitative estimate of drug-likeness (QED) is 0.479. The number of hydrogen-bond acceptors (Lipinski definition) is 5. The molecule has 0 radical (unpaired) electrons. The Balaban J connectivity index is 1.67. The van der Waals surface area contributed by atoms with Crippen molar-refractivity contribution in [2.75, 3.05) is 27.2 Å². The molecule has 2 amide bonds. The van der Waals surface area contributed by atoms with Gasteiger partial charge in [0.15, 0.2) is 0 Å². The van der Waals surface area contributed by atoms with E-state index in [1.165, 1.54) is 6.08 Å². The molecule has 1 aliphatic carbocycles. The van der Waals surface area contributed by atoms with Crippen LogP contribution in [0.4, 0.5) is 4.79 Å². The van der Waals surface area contributed by atoms with E-state index in [4.69, 9.17) is 4.74 Å². The van der Waals surface area contributed by atoms with E-state index in [1.54, 1.807) is 19.0 Å². The normalized spacial score (nSPS) is 14.0. The van der Waals surface area contributed by atoms with Crippen LogP contribution in [0.25, 0.3) is 11.1 Å². The molecule has 0 fully saturated rings. The van der Waals surface area contributed by atoms with Crippen molar-refractivity contribution in [2.24, 2.45) is 0 Å². The van der Waals surface area contributed by atoms with Gasteiger partial charge in [-0.25, -0.2) is 9.59 Å². The molecule has 174 valence electrons. The Bertz CT molecular complexity index is 991. The van der Waals surface area contributed by atoms with Crippen molar-refractivity contribution >= 4 is 18.0 Å². The third-order valence-corrected chi connectivity index (χ3v) is 5.52. The number of carboxylic acids is 1. The van der Waals surface area contributed by atoms with E-state index in [0.29, 0.717) is 0 Å². The summed E-state index contributed by atoms with van der Waals surface area (Å²) in [5, 5.41) is 14.3. The number of amides is 2. The molecule has 2 aromatic carbocycles. The fraction of sp³-hybridized carbons (Fsp3) is 0.320. The number of ether oxygens (including phenoxy) is 1. The minimum atomic E-state index is -1.17. The molecule has 8 heteroatoms. The lowest BCUT2D eigenvalue weighted by Crippen LogP contribution is -2.55. The van der Waals surface area contributed by atoms with Crippen LogP contribution >= 0.6 is 0 Å². The van der Waals surface area contributed by atoms with Crippen LogP contribution in [0, 0.1) is 0 Å². The van der Waals surface area contributed by atoms with Gasteiger partial charge in [0.25, 0.3) is 0 Å². The van der Waals surface area contributed by atoms with Gasteiger partial charge in [-0.05, 0) is 42.8 Å². The summed E-state index contributed by atoms with van der Waals surface area (Å²) in [4.78, 5) is 38.4. The highest BCUT2D eigenvalue weighted by atomic mass is 16.5. The van der Waals surface area contributed by atoms with Crippen LogP contribution in [0.2, 0.25) is 0 Å². The molecule has 0 saturated carbocycles. The van der Waals surface area contributed by atoms with E-state index in [-0.39, 0.29) is 25.5 Å². The number of benzene rings is 2. The third kappa shape index (κ3) is 5.78. The minimum absolute atomic E-state index is 0.0701. The topological polar surface area (TPSA) is 108 Å². The Morgan fingerprint density at radius 1 is 1.03 bits per heavy atom. The molecule has 1 aliphatic rings. The van der Waals surface area contributed by atoms with Gasteiger partial charge in [-0.15, -0.1) is 6.58 Å². The lowest BCUT2D eigenvalue weighted by molar-refractivity contribution is -0.142. The maximum Gasteiger partial charge on any atom is 0.407 e. The van der Waals surface area contributed by atoms with Crippen molar-refractivity contribution < 1.29 is 24.2 Å². The number of carbonyl (C=O) groups excluding carboxylic acids is 2. The SMILES string of the molecule is C=CCC(NC(=O)[C@H](CN(C)C)NC(=O)OCC1c2ccccc2-c2ccccc21)C(=O)O. The zero-order valence-electron chi connectivity index (χ0n) is 18.8. The van der Waals surface area contributed by atoms with Gasteiger partial charge in [-0.2, -0.15) is 0 Å². The average Bonchev–Trinajstić information content (AvgIpc) is 3.10. The van der Waals surface area contributed by atoms with E-state index in [9.17, 15) is 19.5 Å². The summed E-state index contributed by atoms with van der Waals surface area (Å²) >= 11 is 0. The Morgan fingerprint density at radius 3 is 2.12 bits per heavy atom. The predicted molar refractivity (Wildman–Crippen MR) is 125 cm³/mol. The van der Waals surface area contributed by atoms with Crippen molar-refractivity contribution in [1.29, 1.82) is 0 Å². The van der Waals surface area contributed by atoms with Gasteiger partial charge < -0.3 is 25.4 Å². The van der Waals surface area contributed by atoms with E-state index in [1.807, 2.05) is 48.5 Å². The second-order valence-corrected chi connectivity index (χ2v) is 8.21. The number of carbonyl (C=O) groups is 3. The van der Waals surface area contributed by atoms with E-state index >= 15 is 0 Å². The van der Waals surface area contributed by atoms with Crippen LogP contribution in [-0.2, 0) is 14.3 Å². The molecular weight excluding hydrogens is 422 g/mol. The summed E-state index contributed by atoms with van der Waals surface area (Å²) < 4.78 is 5.52. The van der Waals surface area contributed by atoms with Crippen LogP contribution in [0.15, 0.2) is 61.2 Å². The fourth-order valence-corrected chi connectivity index (χ4v) is 4.00. The molecule has 2 atom stereocenters.